The first kappa shape index (κ1) is 16.0. The minimum Gasteiger partial charge on any atom is -0.369 e. The second-order valence-corrected chi connectivity index (χ2v) is 6.05. The van der Waals surface area contributed by atoms with Crippen molar-refractivity contribution in [3.63, 3.8) is 0 Å². The molecule has 0 aromatic carbocycles. The minimum atomic E-state index is -0.476. The lowest BCUT2D eigenvalue weighted by molar-refractivity contribution is -0.117. The molecule has 2 heterocycles. The summed E-state index contributed by atoms with van der Waals surface area (Å²) in [6, 6.07) is 0. The van der Waals surface area contributed by atoms with Crippen molar-refractivity contribution in [1.29, 1.82) is 0 Å². The van der Waals surface area contributed by atoms with Crippen LogP contribution in [0.15, 0.2) is 10.8 Å². The van der Waals surface area contributed by atoms with Crippen molar-refractivity contribution in [2.24, 2.45) is 5.73 Å². The van der Waals surface area contributed by atoms with Crippen LogP contribution in [0.3, 0.4) is 0 Å². The number of thiazole rings is 2. The number of nitrogens with one attached hydrogen (secondary N) is 2. The molecule has 10 heteroatoms. The molecular formula is C12H13N5O3S2. The number of anilines is 2. The van der Waals surface area contributed by atoms with Gasteiger partial charge >= 0.3 is 0 Å². The average molecular weight is 339 g/mol. The van der Waals surface area contributed by atoms with Gasteiger partial charge in [-0.1, -0.05) is 0 Å². The zero-order valence-corrected chi connectivity index (χ0v) is 13.2. The summed E-state index contributed by atoms with van der Waals surface area (Å²) in [7, 11) is 0. The molecular weight excluding hydrogens is 326 g/mol. The highest BCUT2D eigenvalue weighted by Gasteiger charge is 2.11. The number of rotatable bonds is 6. The molecule has 8 nitrogen and oxygen atoms in total. The maximum atomic E-state index is 11.9. The van der Waals surface area contributed by atoms with Crippen LogP contribution in [0.1, 0.15) is 18.3 Å². The smallest absolute Gasteiger partial charge is 0.232 e. The van der Waals surface area contributed by atoms with E-state index in [1.54, 1.807) is 10.8 Å². The van der Waals surface area contributed by atoms with Crippen LogP contribution in [0.25, 0.3) is 0 Å². The third kappa shape index (κ3) is 4.90. The van der Waals surface area contributed by atoms with Crippen LogP contribution in [-0.2, 0) is 27.2 Å². The molecule has 0 atom stereocenters. The highest BCUT2D eigenvalue weighted by atomic mass is 32.1. The summed E-state index contributed by atoms with van der Waals surface area (Å²) in [6.45, 7) is 1.39. The van der Waals surface area contributed by atoms with Gasteiger partial charge < -0.3 is 16.4 Å². The molecule has 0 saturated heterocycles. The molecule has 0 aliphatic heterocycles. The van der Waals surface area contributed by atoms with Crippen molar-refractivity contribution < 1.29 is 14.4 Å². The summed E-state index contributed by atoms with van der Waals surface area (Å²) in [4.78, 5) is 41.8. The first-order valence-corrected chi connectivity index (χ1v) is 7.93. The van der Waals surface area contributed by atoms with Crippen LogP contribution in [0.4, 0.5) is 10.3 Å². The molecule has 0 saturated carbocycles. The number of carbonyl (C=O) groups is 3. The zero-order valence-electron chi connectivity index (χ0n) is 11.6. The number of amides is 3. The van der Waals surface area contributed by atoms with E-state index in [1.807, 2.05) is 0 Å². The normalized spacial score (nSPS) is 10.2. The molecule has 0 aliphatic rings. The van der Waals surface area contributed by atoms with Crippen molar-refractivity contribution >= 4 is 50.7 Å². The Morgan fingerprint density at radius 1 is 1.05 bits per heavy atom. The Morgan fingerprint density at radius 2 is 1.59 bits per heavy atom. The van der Waals surface area contributed by atoms with Crippen molar-refractivity contribution in [3.8, 4) is 0 Å². The molecule has 0 bridgehead atoms. The molecule has 22 heavy (non-hydrogen) atoms. The highest BCUT2D eigenvalue weighted by molar-refractivity contribution is 7.14. The van der Waals surface area contributed by atoms with Crippen molar-refractivity contribution in [3.05, 3.63) is 22.1 Å². The lowest BCUT2D eigenvalue weighted by Crippen LogP contribution is -2.16. The van der Waals surface area contributed by atoms with Gasteiger partial charge in [-0.25, -0.2) is 9.97 Å². The third-order valence-corrected chi connectivity index (χ3v) is 3.94. The van der Waals surface area contributed by atoms with Crippen LogP contribution in [0.5, 0.6) is 0 Å². The summed E-state index contributed by atoms with van der Waals surface area (Å²) in [5, 5.41) is 9.40. The summed E-state index contributed by atoms with van der Waals surface area (Å²) >= 11 is 2.47. The van der Waals surface area contributed by atoms with E-state index in [0.717, 1.165) is 0 Å². The van der Waals surface area contributed by atoms with Gasteiger partial charge in [0.25, 0.3) is 0 Å². The fraction of sp³-hybridized carbons (Fsp3) is 0.250. The monoisotopic (exact) mass is 339 g/mol. The number of carbonyl (C=O) groups excluding carboxylic acids is 3. The van der Waals surface area contributed by atoms with Crippen molar-refractivity contribution in [2.45, 2.75) is 19.8 Å². The van der Waals surface area contributed by atoms with Crippen LogP contribution < -0.4 is 16.4 Å². The number of nitrogens with zero attached hydrogens (tertiary/aromatic N) is 2. The molecule has 3 amide bonds. The summed E-state index contributed by atoms with van der Waals surface area (Å²) in [5.74, 6) is -0.967. The third-order valence-electron chi connectivity index (χ3n) is 2.33. The van der Waals surface area contributed by atoms with E-state index in [1.165, 1.54) is 29.6 Å². The van der Waals surface area contributed by atoms with Crippen LogP contribution in [0.2, 0.25) is 0 Å². The first-order valence-electron chi connectivity index (χ1n) is 6.17. The van der Waals surface area contributed by atoms with E-state index in [9.17, 15) is 14.4 Å². The predicted octanol–water partition coefficient (Wildman–Crippen LogP) is 0.767. The van der Waals surface area contributed by atoms with Gasteiger partial charge in [0.15, 0.2) is 10.3 Å². The molecule has 2 aromatic rings. The zero-order chi connectivity index (χ0) is 16.1. The lowest BCUT2D eigenvalue weighted by Gasteiger charge is -1.99. The molecule has 0 fully saturated rings. The largest absolute Gasteiger partial charge is 0.369 e. The predicted molar refractivity (Wildman–Crippen MR) is 83.8 cm³/mol. The first-order chi connectivity index (χ1) is 10.4. The van der Waals surface area contributed by atoms with Crippen LogP contribution in [0, 0.1) is 0 Å². The standard InChI is InChI=1S/C12H13N5O3S2/c1-6(18)14-11-16-8(5-21-11)3-10(20)17-12-15-7(4-22-12)2-9(13)19/h4-5H,2-3H2,1H3,(H2,13,19)(H,14,16,18)(H,15,17,20). The number of nitrogens with two attached hydrogens (primary N) is 1. The lowest BCUT2D eigenvalue weighted by atomic mass is 10.3. The van der Waals surface area contributed by atoms with Crippen LogP contribution >= 0.6 is 22.7 Å². The topological polar surface area (TPSA) is 127 Å². The Bertz CT molecular complexity index is 651. The Hall–Kier alpha value is -2.33. The second-order valence-electron chi connectivity index (χ2n) is 4.34. The number of aromatic nitrogens is 2. The van der Waals surface area contributed by atoms with Gasteiger partial charge in [-0.3, -0.25) is 14.4 Å². The maximum Gasteiger partial charge on any atom is 0.232 e. The number of hydrogen-bond donors (Lipinski definition) is 3. The van der Waals surface area contributed by atoms with Gasteiger partial charge in [-0.05, 0) is 0 Å². The Balaban J connectivity index is 1.89. The fourth-order valence-corrected chi connectivity index (χ4v) is 3.03. The Kier molecular flexibility index (Phi) is 5.17. The molecule has 2 rings (SSSR count). The highest BCUT2D eigenvalue weighted by Crippen LogP contribution is 2.18. The van der Waals surface area contributed by atoms with E-state index in [2.05, 4.69) is 20.6 Å². The summed E-state index contributed by atoms with van der Waals surface area (Å²) < 4.78 is 0. The summed E-state index contributed by atoms with van der Waals surface area (Å²) in [6.07, 6.45) is 0.110. The maximum absolute atomic E-state index is 11.9. The van der Waals surface area contributed by atoms with E-state index in [-0.39, 0.29) is 24.7 Å². The fourth-order valence-electron chi connectivity index (χ4n) is 1.55. The van der Waals surface area contributed by atoms with E-state index in [0.29, 0.717) is 21.7 Å². The SMILES string of the molecule is CC(=O)Nc1nc(CC(=O)Nc2nc(CC(N)=O)cs2)cs1. The minimum absolute atomic E-state index is 0.0402. The van der Waals surface area contributed by atoms with Crippen molar-refractivity contribution in [2.75, 3.05) is 10.6 Å². The van der Waals surface area contributed by atoms with Gasteiger partial charge in [0.05, 0.1) is 24.2 Å². The number of primary amides is 1. The second kappa shape index (κ2) is 7.09. The van der Waals surface area contributed by atoms with Gasteiger partial charge in [0.1, 0.15) is 0 Å². The van der Waals surface area contributed by atoms with Crippen molar-refractivity contribution in [1.82, 2.24) is 9.97 Å². The average Bonchev–Trinajstić information content (AvgIpc) is 2.98. The van der Waals surface area contributed by atoms with Gasteiger partial charge in [-0.2, -0.15) is 0 Å². The Morgan fingerprint density at radius 3 is 2.14 bits per heavy atom. The van der Waals surface area contributed by atoms with E-state index in [4.69, 9.17) is 5.73 Å². The van der Waals surface area contributed by atoms with Gasteiger partial charge in [-0.15, -0.1) is 22.7 Å². The van der Waals surface area contributed by atoms with Crippen LogP contribution in [-0.4, -0.2) is 27.7 Å². The number of hydrogen-bond acceptors (Lipinski definition) is 7. The molecule has 116 valence electrons. The quantitative estimate of drug-likeness (QED) is 0.716. The van der Waals surface area contributed by atoms with E-state index >= 15 is 0 Å². The molecule has 2 aromatic heterocycles. The molecule has 0 aliphatic carbocycles. The molecule has 0 radical (unpaired) electrons. The molecule has 0 spiro atoms. The van der Waals surface area contributed by atoms with Gasteiger partial charge in [0, 0.05) is 17.7 Å². The molecule has 4 N–H and O–H groups in total. The van der Waals surface area contributed by atoms with Gasteiger partial charge in [0.2, 0.25) is 17.7 Å². The summed E-state index contributed by atoms with van der Waals surface area (Å²) in [5.41, 5.74) is 6.15. The van der Waals surface area contributed by atoms with E-state index < -0.39 is 5.91 Å². The molecule has 0 unspecified atom stereocenters. The Labute approximate surface area is 133 Å².